The molecule has 1 fully saturated rings. The van der Waals surface area contributed by atoms with Gasteiger partial charge in [-0.25, -0.2) is 0 Å². The van der Waals surface area contributed by atoms with E-state index in [1.165, 1.54) is 6.42 Å². The summed E-state index contributed by atoms with van der Waals surface area (Å²) in [5, 5.41) is 0. The molecule has 0 spiro atoms. The fourth-order valence-electron chi connectivity index (χ4n) is 2.31. The van der Waals surface area contributed by atoms with E-state index in [1.807, 2.05) is 0 Å². The van der Waals surface area contributed by atoms with E-state index in [9.17, 15) is 0 Å². The quantitative estimate of drug-likeness (QED) is 0.825. The van der Waals surface area contributed by atoms with E-state index in [0.29, 0.717) is 23.3 Å². The normalized spacial score (nSPS) is 28.9. The van der Waals surface area contributed by atoms with Gasteiger partial charge in [0.15, 0.2) is 5.82 Å². The summed E-state index contributed by atoms with van der Waals surface area (Å²) < 4.78 is 5.86. The minimum absolute atomic E-state index is 0.261. The predicted molar refractivity (Wildman–Crippen MR) is 69.7 cm³/mol. The molecule has 0 bridgehead atoms. The highest BCUT2D eigenvalue weighted by Gasteiger charge is 2.25. The number of anilines is 2. The molecule has 0 aliphatic heterocycles. The first-order valence-corrected chi connectivity index (χ1v) is 6.25. The van der Waals surface area contributed by atoms with Gasteiger partial charge in [0.2, 0.25) is 5.88 Å². The van der Waals surface area contributed by atoms with E-state index in [0.717, 1.165) is 18.8 Å². The molecule has 1 aromatic rings. The van der Waals surface area contributed by atoms with E-state index < -0.39 is 0 Å². The second-order valence-corrected chi connectivity index (χ2v) is 5.13. The molecule has 0 radical (unpaired) electrons. The third-order valence-electron chi connectivity index (χ3n) is 3.77. The molecule has 0 amide bonds. The van der Waals surface area contributed by atoms with Crippen LogP contribution in [0.15, 0.2) is 12.1 Å². The summed E-state index contributed by atoms with van der Waals surface area (Å²) in [7, 11) is 0. The van der Waals surface area contributed by atoms with Crippen LogP contribution in [0, 0.1) is 11.8 Å². The van der Waals surface area contributed by atoms with Gasteiger partial charge in [0.05, 0.1) is 5.69 Å². The molecule has 4 heteroatoms. The Kier molecular flexibility index (Phi) is 3.41. The number of nitrogen functional groups attached to an aromatic ring is 2. The molecular weight excluding hydrogens is 214 g/mol. The van der Waals surface area contributed by atoms with Gasteiger partial charge in [-0.1, -0.05) is 13.8 Å². The number of hydrogen-bond donors (Lipinski definition) is 2. The summed E-state index contributed by atoms with van der Waals surface area (Å²) in [4.78, 5) is 4.14. The molecule has 0 saturated heterocycles. The lowest BCUT2D eigenvalue weighted by Gasteiger charge is -2.31. The number of ether oxygens (including phenoxy) is 1. The van der Waals surface area contributed by atoms with Gasteiger partial charge in [-0.2, -0.15) is 4.98 Å². The van der Waals surface area contributed by atoms with Crippen molar-refractivity contribution in [2.45, 2.75) is 39.2 Å². The number of hydrogen-bond acceptors (Lipinski definition) is 4. The molecule has 1 saturated carbocycles. The Morgan fingerprint density at radius 3 is 2.59 bits per heavy atom. The molecule has 1 aliphatic carbocycles. The molecular formula is C13H21N3O. The van der Waals surface area contributed by atoms with E-state index in [1.54, 1.807) is 12.1 Å². The molecule has 3 unspecified atom stereocenters. The Morgan fingerprint density at radius 2 is 1.94 bits per heavy atom. The molecule has 3 atom stereocenters. The summed E-state index contributed by atoms with van der Waals surface area (Å²) in [5.41, 5.74) is 11.8. The Hall–Kier alpha value is -1.45. The molecule has 2 rings (SSSR count). The second kappa shape index (κ2) is 4.82. The summed E-state index contributed by atoms with van der Waals surface area (Å²) in [6.07, 6.45) is 3.66. The lowest BCUT2D eigenvalue weighted by atomic mass is 9.80. The molecule has 94 valence electrons. The second-order valence-electron chi connectivity index (χ2n) is 5.13. The van der Waals surface area contributed by atoms with Gasteiger partial charge in [-0.05, 0) is 37.2 Å². The predicted octanol–water partition coefficient (Wildman–Crippen LogP) is 2.45. The molecule has 17 heavy (non-hydrogen) atoms. The van der Waals surface area contributed by atoms with Crippen LogP contribution in [-0.2, 0) is 0 Å². The Balaban J connectivity index is 1.99. The van der Waals surface area contributed by atoms with Crippen molar-refractivity contribution in [2.24, 2.45) is 11.8 Å². The van der Waals surface area contributed by atoms with Gasteiger partial charge >= 0.3 is 0 Å². The summed E-state index contributed by atoms with van der Waals surface area (Å²) in [5.74, 6) is 2.43. The number of nitrogens with two attached hydrogens (primary N) is 2. The average molecular weight is 235 g/mol. The maximum absolute atomic E-state index is 5.86. The molecule has 4 nitrogen and oxygen atoms in total. The summed E-state index contributed by atoms with van der Waals surface area (Å²) in [6.45, 7) is 4.59. The van der Waals surface area contributed by atoms with Gasteiger partial charge in [0.25, 0.3) is 0 Å². The average Bonchev–Trinajstić information content (AvgIpc) is 2.29. The van der Waals surface area contributed by atoms with E-state index >= 15 is 0 Å². The minimum atomic E-state index is 0.261. The zero-order chi connectivity index (χ0) is 12.4. The third-order valence-corrected chi connectivity index (χ3v) is 3.77. The van der Waals surface area contributed by atoms with Gasteiger partial charge in [0.1, 0.15) is 6.10 Å². The van der Waals surface area contributed by atoms with Crippen LogP contribution in [0.3, 0.4) is 0 Å². The maximum atomic E-state index is 5.86. The Morgan fingerprint density at radius 1 is 1.18 bits per heavy atom. The molecule has 1 aliphatic rings. The smallest absolute Gasteiger partial charge is 0.215 e. The van der Waals surface area contributed by atoms with E-state index in [2.05, 4.69) is 18.8 Å². The van der Waals surface area contributed by atoms with Crippen LogP contribution in [0.1, 0.15) is 33.1 Å². The van der Waals surface area contributed by atoms with Crippen molar-refractivity contribution >= 4 is 11.5 Å². The monoisotopic (exact) mass is 235 g/mol. The van der Waals surface area contributed by atoms with Crippen molar-refractivity contribution in [1.29, 1.82) is 0 Å². The standard InChI is InChI=1S/C13H21N3O/c1-8-3-4-10(7-9(8)2)17-12-6-5-11(14)13(15)16-12/h5-6,8-10H,3-4,7,14H2,1-2H3,(H2,15,16). The van der Waals surface area contributed by atoms with Crippen molar-refractivity contribution in [3.8, 4) is 5.88 Å². The highest BCUT2D eigenvalue weighted by atomic mass is 16.5. The van der Waals surface area contributed by atoms with Crippen molar-refractivity contribution < 1.29 is 4.74 Å². The number of rotatable bonds is 2. The lowest BCUT2D eigenvalue weighted by Crippen LogP contribution is -2.29. The first kappa shape index (κ1) is 12.0. The highest BCUT2D eigenvalue weighted by molar-refractivity contribution is 5.58. The molecule has 4 N–H and O–H groups in total. The van der Waals surface area contributed by atoms with Gasteiger partial charge in [-0.15, -0.1) is 0 Å². The third kappa shape index (κ3) is 2.81. The number of aromatic nitrogens is 1. The Labute approximate surface area is 102 Å². The van der Waals surface area contributed by atoms with Crippen LogP contribution in [0.4, 0.5) is 11.5 Å². The SMILES string of the molecule is CC1CCC(Oc2ccc(N)c(N)n2)CC1C. The zero-order valence-electron chi connectivity index (χ0n) is 10.5. The highest BCUT2D eigenvalue weighted by Crippen LogP contribution is 2.31. The zero-order valence-corrected chi connectivity index (χ0v) is 10.5. The first-order chi connectivity index (χ1) is 8.06. The van der Waals surface area contributed by atoms with E-state index in [4.69, 9.17) is 16.2 Å². The van der Waals surface area contributed by atoms with Gasteiger partial charge in [0, 0.05) is 6.07 Å². The first-order valence-electron chi connectivity index (χ1n) is 6.25. The topological polar surface area (TPSA) is 74.2 Å². The van der Waals surface area contributed by atoms with Crippen molar-refractivity contribution in [2.75, 3.05) is 11.5 Å². The lowest BCUT2D eigenvalue weighted by molar-refractivity contribution is 0.0966. The van der Waals surface area contributed by atoms with Crippen molar-refractivity contribution in [3.63, 3.8) is 0 Å². The van der Waals surface area contributed by atoms with Gasteiger partial charge < -0.3 is 16.2 Å². The molecule has 1 heterocycles. The van der Waals surface area contributed by atoms with Crippen LogP contribution in [0.5, 0.6) is 5.88 Å². The minimum Gasteiger partial charge on any atom is -0.474 e. The summed E-state index contributed by atoms with van der Waals surface area (Å²) in [6, 6.07) is 3.53. The van der Waals surface area contributed by atoms with E-state index in [-0.39, 0.29) is 6.10 Å². The fraction of sp³-hybridized carbons (Fsp3) is 0.615. The van der Waals surface area contributed by atoms with Crippen molar-refractivity contribution in [1.82, 2.24) is 4.98 Å². The van der Waals surface area contributed by atoms with Crippen LogP contribution in [0.2, 0.25) is 0 Å². The largest absolute Gasteiger partial charge is 0.474 e. The maximum Gasteiger partial charge on any atom is 0.215 e. The van der Waals surface area contributed by atoms with Crippen LogP contribution in [-0.4, -0.2) is 11.1 Å². The van der Waals surface area contributed by atoms with Crippen LogP contribution < -0.4 is 16.2 Å². The van der Waals surface area contributed by atoms with Crippen LogP contribution in [0.25, 0.3) is 0 Å². The fourth-order valence-corrected chi connectivity index (χ4v) is 2.31. The van der Waals surface area contributed by atoms with Crippen LogP contribution >= 0.6 is 0 Å². The van der Waals surface area contributed by atoms with Crippen molar-refractivity contribution in [3.05, 3.63) is 12.1 Å². The molecule has 0 aromatic carbocycles. The number of pyridine rings is 1. The number of nitrogens with zero attached hydrogens (tertiary/aromatic N) is 1. The Bertz CT molecular complexity index is 394. The molecule has 1 aromatic heterocycles. The summed E-state index contributed by atoms with van der Waals surface area (Å²) >= 11 is 0. The van der Waals surface area contributed by atoms with Gasteiger partial charge in [-0.3, -0.25) is 0 Å².